The fourth-order valence-electron chi connectivity index (χ4n) is 4.20. The summed E-state index contributed by atoms with van der Waals surface area (Å²) in [7, 11) is 1.74. The van der Waals surface area contributed by atoms with Crippen LogP contribution in [-0.4, -0.2) is 56.8 Å². The summed E-state index contributed by atoms with van der Waals surface area (Å²) >= 11 is 13.3. The van der Waals surface area contributed by atoms with Gasteiger partial charge in [-0.3, -0.25) is 9.59 Å². The summed E-state index contributed by atoms with van der Waals surface area (Å²) < 4.78 is 52.1. The van der Waals surface area contributed by atoms with Crippen molar-refractivity contribution < 1.29 is 32.2 Å². The number of fused-ring (bicyclic) bond motifs is 1. The van der Waals surface area contributed by atoms with Gasteiger partial charge < -0.3 is 14.4 Å². The van der Waals surface area contributed by atoms with Gasteiger partial charge in [0.2, 0.25) is 0 Å². The molecule has 0 fully saturated rings. The van der Waals surface area contributed by atoms with E-state index in [2.05, 4.69) is 10.1 Å². The van der Waals surface area contributed by atoms with Crippen LogP contribution in [0.3, 0.4) is 0 Å². The number of likely N-dealkylation sites (N-methyl/N-ethyl adjacent to an activating group) is 1. The zero-order valence-electron chi connectivity index (χ0n) is 25.2. The molecule has 1 unspecified atom stereocenters. The third kappa shape index (κ3) is 8.70. The number of thiazole rings is 1. The molecule has 0 saturated heterocycles. The van der Waals surface area contributed by atoms with Gasteiger partial charge in [-0.25, -0.2) is 18.7 Å². The van der Waals surface area contributed by atoms with Crippen LogP contribution in [0.1, 0.15) is 24.9 Å². The number of aryl methyl sites for hydroxylation is 1. The van der Waals surface area contributed by atoms with Crippen molar-refractivity contribution in [2.24, 2.45) is 0 Å². The second-order valence-corrected chi connectivity index (χ2v) is 11.7. The first-order chi connectivity index (χ1) is 22.4. The molecular formula is C31H28Cl2F3N5O5S. The Bertz CT molecular complexity index is 1890. The molecule has 47 heavy (non-hydrogen) atoms. The number of carbonyl (C=O) groups is 2. The van der Waals surface area contributed by atoms with Crippen molar-refractivity contribution in [3.63, 3.8) is 0 Å². The molecule has 0 bridgehead atoms. The average molecular weight is 711 g/mol. The molecule has 248 valence electrons. The van der Waals surface area contributed by atoms with E-state index in [0.29, 0.717) is 9.88 Å². The maximum absolute atomic E-state index is 14.2. The average Bonchev–Trinajstić information content (AvgIpc) is 3.60. The van der Waals surface area contributed by atoms with E-state index in [9.17, 15) is 27.6 Å². The number of nitrogens with zero attached hydrogens (tertiary/aromatic N) is 5. The molecule has 5 rings (SSSR count). The van der Waals surface area contributed by atoms with Crippen molar-refractivity contribution in [3.8, 4) is 10.9 Å². The minimum atomic E-state index is -3.12. The lowest BCUT2D eigenvalue weighted by molar-refractivity contribution is -0.142. The fourth-order valence-corrected chi connectivity index (χ4v) is 5.47. The topological polar surface area (TPSA) is 109 Å². The fraction of sp³-hybridized carbons (Fsp3) is 0.258. The minimum Gasteiger partial charge on any atom is -0.465 e. The molecule has 1 amide bonds. The maximum Gasteiger partial charge on any atom is 0.355 e. The van der Waals surface area contributed by atoms with Gasteiger partial charge in [0.15, 0.2) is 12.4 Å². The van der Waals surface area contributed by atoms with Crippen molar-refractivity contribution in [1.82, 2.24) is 19.3 Å². The second kappa shape index (κ2) is 15.9. The van der Waals surface area contributed by atoms with Gasteiger partial charge in [0.05, 0.1) is 16.8 Å². The van der Waals surface area contributed by atoms with Crippen LogP contribution in [-0.2, 0) is 20.7 Å². The Labute approximate surface area is 280 Å². The number of aromatic nitrogens is 4. The van der Waals surface area contributed by atoms with Gasteiger partial charge in [0.1, 0.15) is 16.9 Å². The van der Waals surface area contributed by atoms with E-state index in [0.717, 1.165) is 28.0 Å². The largest absolute Gasteiger partial charge is 0.465 e. The van der Waals surface area contributed by atoms with Gasteiger partial charge in [-0.15, -0.1) is 16.7 Å². The molecule has 10 nitrogen and oxygen atoms in total. The highest BCUT2D eigenvalue weighted by molar-refractivity contribution is 7.20. The van der Waals surface area contributed by atoms with E-state index >= 15 is 0 Å². The van der Waals surface area contributed by atoms with E-state index in [4.69, 9.17) is 32.7 Å². The summed E-state index contributed by atoms with van der Waals surface area (Å²) in [6.07, 6.45) is -0.115. The Kier molecular flexibility index (Phi) is 12.0. The number of halogens is 5. The number of ether oxygens (including phenoxy) is 2. The highest BCUT2D eigenvalue weighted by Gasteiger charge is 2.23. The number of alkyl halides is 3. The van der Waals surface area contributed by atoms with Gasteiger partial charge in [-0.2, -0.15) is 13.5 Å². The predicted octanol–water partition coefficient (Wildman–Crippen LogP) is 6.58. The number of benzene rings is 3. The number of rotatable bonds is 10. The molecule has 5 aromatic rings. The minimum absolute atomic E-state index is 0.0226. The van der Waals surface area contributed by atoms with E-state index in [1.165, 1.54) is 18.3 Å². The highest BCUT2D eigenvalue weighted by atomic mass is 35.5. The Balaban J connectivity index is 0.000000217. The standard InChI is InChI=1S/C16H14N2O2S.C15H14Cl2F3N3O3/c1-18(12-7-3-2-4-8-12)15(19)11-20-16-17-13-9-5-6-10-14(13)21-16;1-3-26-13(24)10(17)4-8-5-12(11(18)6-9(8)16)23-15(25)22(14(19)20)7(2)21-23/h2-10H,11H2,1H3;5-6,10,14H,3-4H2,1-2H3. The molecule has 0 N–H and O–H groups in total. The number of anilines is 1. The van der Waals surface area contributed by atoms with Gasteiger partial charge in [-0.05, 0) is 55.8 Å². The molecule has 0 aliphatic heterocycles. The van der Waals surface area contributed by atoms with Gasteiger partial charge in [0, 0.05) is 24.2 Å². The van der Waals surface area contributed by atoms with Crippen LogP contribution in [0.25, 0.3) is 15.9 Å². The lowest BCUT2D eigenvalue weighted by Crippen LogP contribution is -2.31. The molecular weight excluding hydrogens is 682 g/mol. The summed E-state index contributed by atoms with van der Waals surface area (Å²) in [6, 6.07) is 19.3. The van der Waals surface area contributed by atoms with E-state index < -0.39 is 29.4 Å². The molecule has 0 saturated carbocycles. The molecule has 0 spiro atoms. The summed E-state index contributed by atoms with van der Waals surface area (Å²) in [5.74, 6) is -2.03. The summed E-state index contributed by atoms with van der Waals surface area (Å²) in [6.45, 7) is -0.218. The molecule has 1 atom stereocenters. The zero-order chi connectivity index (χ0) is 34.2. The molecule has 16 heteroatoms. The second-order valence-electron chi connectivity index (χ2n) is 9.73. The number of hydrogen-bond donors (Lipinski definition) is 0. The smallest absolute Gasteiger partial charge is 0.355 e. The van der Waals surface area contributed by atoms with Crippen LogP contribution >= 0.6 is 34.5 Å². The van der Waals surface area contributed by atoms with Crippen molar-refractivity contribution >= 4 is 62.3 Å². The summed E-state index contributed by atoms with van der Waals surface area (Å²) in [5.41, 5.74) is 0.367. The maximum atomic E-state index is 14.2. The molecule has 3 aromatic carbocycles. The number of esters is 1. The normalized spacial score (nSPS) is 11.6. The SMILES string of the molecule is CCOC(=O)C(Cl)Cc1cc(-n2nc(C)n(C(F)F)c2=O)c(F)cc1Cl.CN(C(=O)COc1nc2ccccc2s1)c1ccccc1. The zero-order valence-corrected chi connectivity index (χ0v) is 27.5. The monoisotopic (exact) mass is 709 g/mol. The first kappa shape index (κ1) is 35.5. The quantitative estimate of drug-likeness (QED) is 0.119. The van der Waals surface area contributed by atoms with E-state index in [-0.39, 0.29) is 52.2 Å². The number of carbonyl (C=O) groups excluding carboxylic acids is 2. The molecule has 0 aliphatic carbocycles. The van der Waals surface area contributed by atoms with Crippen LogP contribution < -0.4 is 15.3 Å². The number of para-hydroxylation sites is 2. The first-order valence-corrected chi connectivity index (χ1v) is 15.6. The predicted molar refractivity (Wildman–Crippen MR) is 174 cm³/mol. The summed E-state index contributed by atoms with van der Waals surface area (Å²) in [5, 5.41) is 3.04. The van der Waals surface area contributed by atoms with Crippen LogP contribution in [0, 0.1) is 12.7 Å². The lowest BCUT2D eigenvalue weighted by atomic mass is 10.1. The van der Waals surface area contributed by atoms with Crippen LogP contribution in [0.4, 0.5) is 18.9 Å². The van der Waals surface area contributed by atoms with Crippen molar-refractivity contribution in [2.75, 3.05) is 25.2 Å². The third-order valence-corrected chi connectivity index (χ3v) is 8.21. The van der Waals surface area contributed by atoms with Crippen LogP contribution in [0.5, 0.6) is 5.19 Å². The highest BCUT2D eigenvalue weighted by Crippen LogP contribution is 2.28. The molecule has 2 aromatic heterocycles. The Morgan fingerprint density at radius 1 is 1.09 bits per heavy atom. The van der Waals surface area contributed by atoms with Gasteiger partial charge in [0.25, 0.3) is 11.1 Å². The van der Waals surface area contributed by atoms with Crippen LogP contribution in [0.15, 0.2) is 71.5 Å². The Morgan fingerprint density at radius 2 is 1.77 bits per heavy atom. The Hall–Kier alpha value is -4.40. The molecule has 0 aliphatic rings. The van der Waals surface area contributed by atoms with Crippen LogP contribution in [0.2, 0.25) is 5.02 Å². The Morgan fingerprint density at radius 3 is 2.40 bits per heavy atom. The van der Waals surface area contributed by atoms with E-state index in [1.54, 1.807) is 18.9 Å². The van der Waals surface area contributed by atoms with E-state index in [1.807, 2.05) is 54.6 Å². The van der Waals surface area contributed by atoms with Gasteiger partial charge >= 0.3 is 18.2 Å². The lowest BCUT2D eigenvalue weighted by Gasteiger charge is -2.16. The van der Waals surface area contributed by atoms with Crippen molar-refractivity contribution in [2.45, 2.75) is 32.2 Å². The number of hydrogen-bond acceptors (Lipinski definition) is 8. The van der Waals surface area contributed by atoms with Gasteiger partial charge in [-0.1, -0.05) is 53.3 Å². The van der Waals surface area contributed by atoms with Crippen molar-refractivity contribution in [3.05, 3.63) is 99.4 Å². The molecule has 2 heterocycles. The summed E-state index contributed by atoms with van der Waals surface area (Å²) in [4.78, 5) is 41.7. The number of amides is 1. The first-order valence-electron chi connectivity index (χ1n) is 14.0. The molecule has 0 radical (unpaired) electrons. The third-order valence-electron chi connectivity index (χ3n) is 6.57. The van der Waals surface area contributed by atoms with Crippen molar-refractivity contribution in [1.29, 1.82) is 0 Å².